The van der Waals surface area contributed by atoms with Gasteiger partial charge in [0.2, 0.25) is 5.95 Å². The third kappa shape index (κ3) is 3.16. The first-order chi connectivity index (χ1) is 9.83. The molecule has 1 aromatic heterocycles. The maximum absolute atomic E-state index is 5.53. The lowest BCUT2D eigenvalue weighted by Gasteiger charge is -2.24. The van der Waals surface area contributed by atoms with E-state index in [1.807, 2.05) is 6.07 Å². The normalized spacial score (nSPS) is 19.8. The van der Waals surface area contributed by atoms with Gasteiger partial charge in [0.15, 0.2) is 0 Å². The summed E-state index contributed by atoms with van der Waals surface area (Å²) in [6, 6.07) is 10.6. The molecule has 4 nitrogen and oxygen atoms in total. The molecule has 2 heterocycles. The van der Waals surface area contributed by atoms with Gasteiger partial charge in [0.05, 0.1) is 17.1 Å². The third-order valence-electron chi connectivity index (χ3n) is 3.50. The zero-order chi connectivity index (χ0) is 13.8. The van der Waals surface area contributed by atoms with E-state index < -0.39 is 0 Å². The molecule has 0 radical (unpaired) electrons. The van der Waals surface area contributed by atoms with E-state index in [4.69, 9.17) is 4.74 Å². The molecule has 1 aromatic carbocycles. The molecule has 0 aliphatic carbocycles. The molecule has 1 N–H and O–H groups in total. The van der Waals surface area contributed by atoms with Gasteiger partial charge in [0.1, 0.15) is 0 Å². The lowest BCUT2D eigenvalue weighted by molar-refractivity contribution is 0.182. The van der Waals surface area contributed by atoms with E-state index in [9.17, 15) is 0 Å². The number of rotatable bonds is 4. The van der Waals surface area contributed by atoms with Crippen LogP contribution < -0.4 is 5.32 Å². The second-order valence-electron chi connectivity index (χ2n) is 4.88. The smallest absolute Gasteiger partial charge is 0.223 e. The monoisotopic (exact) mass is 333 g/mol. The first-order valence-corrected chi connectivity index (χ1v) is 7.49. The summed E-state index contributed by atoms with van der Waals surface area (Å²) in [6.07, 6.45) is 4.56. The Labute approximate surface area is 126 Å². The molecule has 2 unspecified atom stereocenters. The summed E-state index contributed by atoms with van der Waals surface area (Å²) in [6.45, 7) is 1.61. The highest BCUT2D eigenvalue weighted by Gasteiger charge is 2.27. The zero-order valence-corrected chi connectivity index (χ0v) is 12.6. The van der Waals surface area contributed by atoms with Crippen LogP contribution >= 0.6 is 15.9 Å². The average Bonchev–Trinajstić information content (AvgIpc) is 3.01. The Morgan fingerprint density at radius 2 is 1.95 bits per heavy atom. The molecule has 104 valence electrons. The van der Waals surface area contributed by atoms with Gasteiger partial charge in [-0.2, -0.15) is 0 Å². The van der Waals surface area contributed by atoms with Crippen molar-refractivity contribution in [3.63, 3.8) is 0 Å². The summed E-state index contributed by atoms with van der Waals surface area (Å²) >= 11 is 3.35. The van der Waals surface area contributed by atoms with Gasteiger partial charge in [-0.15, -0.1) is 0 Å². The molecule has 0 amide bonds. The van der Waals surface area contributed by atoms with Crippen LogP contribution in [0.2, 0.25) is 0 Å². The van der Waals surface area contributed by atoms with Crippen LogP contribution in [0.1, 0.15) is 18.0 Å². The van der Waals surface area contributed by atoms with Crippen LogP contribution in [0, 0.1) is 5.92 Å². The number of hydrogen-bond acceptors (Lipinski definition) is 4. The standard InChI is InChI=1S/C15H16BrN3O/c16-13-8-17-15(18-9-13)19-14(12-6-7-20-10-12)11-4-2-1-3-5-11/h1-5,8-9,12,14H,6-7,10H2,(H,17,18,19). The number of anilines is 1. The third-order valence-corrected chi connectivity index (χ3v) is 3.91. The van der Waals surface area contributed by atoms with Crippen LogP contribution in [-0.4, -0.2) is 23.2 Å². The lowest BCUT2D eigenvalue weighted by atomic mass is 9.92. The van der Waals surface area contributed by atoms with Crippen LogP contribution in [-0.2, 0) is 4.74 Å². The van der Waals surface area contributed by atoms with E-state index >= 15 is 0 Å². The SMILES string of the molecule is Brc1cnc(NC(c2ccccc2)C2CCOC2)nc1. The number of ether oxygens (including phenoxy) is 1. The molecule has 5 heteroatoms. The fourth-order valence-electron chi connectivity index (χ4n) is 2.48. The van der Waals surface area contributed by atoms with E-state index in [0.717, 1.165) is 24.1 Å². The Kier molecular flexibility index (Phi) is 4.28. The van der Waals surface area contributed by atoms with Crippen molar-refractivity contribution in [2.75, 3.05) is 18.5 Å². The maximum Gasteiger partial charge on any atom is 0.223 e. The number of aromatic nitrogens is 2. The highest BCUT2D eigenvalue weighted by Crippen LogP contribution is 2.31. The molecule has 0 spiro atoms. The zero-order valence-electron chi connectivity index (χ0n) is 11.0. The van der Waals surface area contributed by atoms with Crippen LogP contribution in [0.3, 0.4) is 0 Å². The molecule has 0 bridgehead atoms. The largest absolute Gasteiger partial charge is 0.381 e. The van der Waals surface area contributed by atoms with Crippen LogP contribution in [0.25, 0.3) is 0 Å². The van der Waals surface area contributed by atoms with Crippen molar-refractivity contribution in [1.82, 2.24) is 9.97 Å². The van der Waals surface area contributed by atoms with Gasteiger partial charge in [-0.3, -0.25) is 0 Å². The minimum absolute atomic E-state index is 0.180. The Morgan fingerprint density at radius 3 is 2.60 bits per heavy atom. The van der Waals surface area contributed by atoms with Crippen molar-refractivity contribution in [1.29, 1.82) is 0 Å². The predicted octanol–water partition coefficient (Wildman–Crippen LogP) is 3.43. The van der Waals surface area contributed by atoms with Crippen molar-refractivity contribution in [2.45, 2.75) is 12.5 Å². The Bertz CT molecular complexity index is 541. The second-order valence-corrected chi connectivity index (χ2v) is 5.80. The highest BCUT2D eigenvalue weighted by atomic mass is 79.9. The van der Waals surface area contributed by atoms with Gasteiger partial charge in [-0.1, -0.05) is 30.3 Å². The Morgan fingerprint density at radius 1 is 1.20 bits per heavy atom. The first kappa shape index (κ1) is 13.5. The molecular formula is C15H16BrN3O. The number of nitrogens with zero attached hydrogens (tertiary/aromatic N) is 2. The second kappa shape index (κ2) is 6.33. The highest BCUT2D eigenvalue weighted by molar-refractivity contribution is 9.10. The van der Waals surface area contributed by atoms with E-state index in [0.29, 0.717) is 11.9 Å². The lowest BCUT2D eigenvalue weighted by Crippen LogP contribution is -2.22. The van der Waals surface area contributed by atoms with E-state index in [2.05, 4.69) is 55.5 Å². The fraction of sp³-hybridized carbons (Fsp3) is 0.333. The summed E-state index contributed by atoms with van der Waals surface area (Å²) in [5.74, 6) is 1.10. The predicted molar refractivity (Wildman–Crippen MR) is 81.5 cm³/mol. The van der Waals surface area contributed by atoms with Gasteiger partial charge >= 0.3 is 0 Å². The number of hydrogen-bond donors (Lipinski definition) is 1. The fourth-order valence-corrected chi connectivity index (χ4v) is 2.68. The molecular weight excluding hydrogens is 318 g/mol. The van der Waals surface area contributed by atoms with Crippen LogP contribution in [0.5, 0.6) is 0 Å². The molecule has 20 heavy (non-hydrogen) atoms. The molecule has 0 saturated carbocycles. The van der Waals surface area contributed by atoms with Gasteiger partial charge in [0.25, 0.3) is 0 Å². The maximum atomic E-state index is 5.53. The summed E-state index contributed by atoms with van der Waals surface area (Å²) < 4.78 is 6.41. The van der Waals surface area contributed by atoms with Crippen LogP contribution in [0.4, 0.5) is 5.95 Å². The van der Waals surface area contributed by atoms with Gasteiger partial charge in [0, 0.05) is 24.9 Å². The van der Waals surface area contributed by atoms with Crippen molar-refractivity contribution in [3.8, 4) is 0 Å². The van der Waals surface area contributed by atoms with Crippen molar-refractivity contribution >= 4 is 21.9 Å². The molecule has 2 aromatic rings. The van der Waals surface area contributed by atoms with Crippen molar-refractivity contribution < 1.29 is 4.74 Å². The topological polar surface area (TPSA) is 47.0 Å². The average molecular weight is 334 g/mol. The summed E-state index contributed by atoms with van der Waals surface area (Å²) in [7, 11) is 0. The van der Waals surface area contributed by atoms with Crippen molar-refractivity contribution in [3.05, 3.63) is 52.8 Å². The van der Waals surface area contributed by atoms with Gasteiger partial charge < -0.3 is 10.1 Å². The molecule has 1 aliphatic rings. The first-order valence-electron chi connectivity index (χ1n) is 6.70. The molecule has 1 fully saturated rings. The minimum Gasteiger partial charge on any atom is -0.381 e. The summed E-state index contributed by atoms with van der Waals surface area (Å²) in [4.78, 5) is 8.61. The summed E-state index contributed by atoms with van der Waals surface area (Å²) in [5.41, 5.74) is 1.24. The molecule has 1 aliphatic heterocycles. The Hall–Kier alpha value is -1.46. The number of halogens is 1. The minimum atomic E-state index is 0.180. The molecule has 2 atom stereocenters. The van der Waals surface area contributed by atoms with Gasteiger partial charge in [-0.25, -0.2) is 9.97 Å². The van der Waals surface area contributed by atoms with Gasteiger partial charge in [-0.05, 0) is 27.9 Å². The van der Waals surface area contributed by atoms with Crippen molar-refractivity contribution in [2.24, 2.45) is 5.92 Å². The van der Waals surface area contributed by atoms with E-state index in [1.54, 1.807) is 12.4 Å². The summed E-state index contributed by atoms with van der Waals surface area (Å²) in [5, 5.41) is 3.44. The van der Waals surface area contributed by atoms with E-state index in [-0.39, 0.29) is 6.04 Å². The number of nitrogens with one attached hydrogen (secondary N) is 1. The molecule has 1 saturated heterocycles. The molecule has 3 rings (SSSR count). The van der Waals surface area contributed by atoms with E-state index in [1.165, 1.54) is 5.56 Å². The van der Waals surface area contributed by atoms with Crippen LogP contribution in [0.15, 0.2) is 47.2 Å². The quantitative estimate of drug-likeness (QED) is 0.931. The Balaban J connectivity index is 1.83. The number of benzene rings is 1.